The first kappa shape index (κ1) is 9.92. The van der Waals surface area contributed by atoms with E-state index < -0.39 is 0 Å². The maximum absolute atomic E-state index is 5.94. The second-order valence-corrected chi connectivity index (χ2v) is 3.74. The molecule has 0 rings (SSSR count). The first-order valence-corrected chi connectivity index (χ1v) is 3.86. The van der Waals surface area contributed by atoms with Crippen molar-refractivity contribution >= 4 is 0 Å². The summed E-state index contributed by atoms with van der Waals surface area (Å²) >= 11 is 0. The van der Waals surface area contributed by atoms with Crippen LogP contribution in [-0.4, -0.2) is 18.6 Å². The van der Waals surface area contributed by atoms with E-state index in [1.807, 2.05) is 7.05 Å². The van der Waals surface area contributed by atoms with E-state index in [0.29, 0.717) is 5.92 Å². The largest absolute Gasteiger partial charge is 0.326 e. The van der Waals surface area contributed by atoms with Gasteiger partial charge in [0.25, 0.3) is 0 Å². The molecule has 2 heteroatoms. The third-order valence-corrected chi connectivity index (χ3v) is 2.20. The quantitative estimate of drug-likeness (QED) is 0.619. The number of rotatable bonds is 3. The lowest BCUT2D eigenvalue weighted by Crippen LogP contribution is -2.54. The first-order chi connectivity index (χ1) is 4.41. The summed E-state index contributed by atoms with van der Waals surface area (Å²) in [4.78, 5) is 0. The zero-order chi connectivity index (χ0) is 8.36. The average Bonchev–Trinajstić information content (AvgIpc) is 1.86. The van der Waals surface area contributed by atoms with E-state index in [1.54, 1.807) is 0 Å². The Balaban J connectivity index is 4.03. The highest BCUT2D eigenvalue weighted by molar-refractivity contribution is 4.89. The minimum Gasteiger partial charge on any atom is -0.326 e. The predicted octanol–water partition coefficient (Wildman–Crippen LogP) is 0.968. The predicted molar refractivity (Wildman–Crippen MR) is 46.0 cm³/mol. The molecule has 0 aromatic heterocycles. The molecule has 0 aliphatic carbocycles. The van der Waals surface area contributed by atoms with Crippen molar-refractivity contribution < 1.29 is 0 Å². The van der Waals surface area contributed by atoms with Crippen molar-refractivity contribution in [3.05, 3.63) is 0 Å². The molecular formula is C8H20N2. The van der Waals surface area contributed by atoms with Crippen molar-refractivity contribution in [2.45, 2.75) is 39.3 Å². The average molecular weight is 144 g/mol. The van der Waals surface area contributed by atoms with Gasteiger partial charge in [0.1, 0.15) is 0 Å². The fourth-order valence-electron chi connectivity index (χ4n) is 1.00. The fraction of sp³-hybridized carbons (Fsp3) is 1.00. The van der Waals surface area contributed by atoms with Crippen LogP contribution in [0.3, 0.4) is 0 Å². The minimum atomic E-state index is 0.0498. The molecule has 0 heterocycles. The van der Waals surface area contributed by atoms with E-state index >= 15 is 0 Å². The van der Waals surface area contributed by atoms with Crippen molar-refractivity contribution in [2.75, 3.05) is 7.05 Å². The summed E-state index contributed by atoms with van der Waals surface area (Å²) in [5.41, 5.74) is 5.99. The molecule has 2 nitrogen and oxygen atoms in total. The summed E-state index contributed by atoms with van der Waals surface area (Å²) in [7, 11) is 1.95. The molecule has 0 saturated carbocycles. The maximum atomic E-state index is 5.94. The summed E-state index contributed by atoms with van der Waals surface area (Å²) in [6.45, 7) is 8.53. The van der Waals surface area contributed by atoms with Gasteiger partial charge in [0.15, 0.2) is 0 Å². The van der Waals surface area contributed by atoms with E-state index in [4.69, 9.17) is 5.73 Å². The van der Waals surface area contributed by atoms with Gasteiger partial charge in [0, 0.05) is 11.6 Å². The summed E-state index contributed by atoms with van der Waals surface area (Å²) in [5, 5.41) is 3.20. The van der Waals surface area contributed by atoms with Crippen molar-refractivity contribution in [3.8, 4) is 0 Å². The third kappa shape index (κ3) is 2.27. The molecule has 3 N–H and O–H groups in total. The van der Waals surface area contributed by atoms with Crippen LogP contribution in [0.1, 0.15) is 27.7 Å². The Morgan fingerprint density at radius 1 is 1.30 bits per heavy atom. The van der Waals surface area contributed by atoms with Crippen LogP contribution in [0.25, 0.3) is 0 Å². The van der Waals surface area contributed by atoms with E-state index in [9.17, 15) is 0 Å². The van der Waals surface area contributed by atoms with Crippen LogP contribution < -0.4 is 11.1 Å². The normalized spacial score (nSPS) is 15.9. The second-order valence-electron chi connectivity index (χ2n) is 3.74. The lowest BCUT2D eigenvalue weighted by Gasteiger charge is -2.33. The Morgan fingerprint density at radius 3 is 1.80 bits per heavy atom. The number of hydrogen-bond acceptors (Lipinski definition) is 2. The summed E-state index contributed by atoms with van der Waals surface area (Å²) in [6, 6.07) is 0.220. The highest BCUT2D eigenvalue weighted by atomic mass is 15.0. The van der Waals surface area contributed by atoms with Gasteiger partial charge in [-0.1, -0.05) is 13.8 Å². The van der Waals surface area contributed by atoms with Crippen molar-refractivity contribution in [1.82, 2.24) is 5.32 Å². The molecule has 62 valence electrons. The van der Waals surface area contributed by atoms with Crippen molar-refractivity contribution in [3.63, 3.8) is 0 Å². The lowest BCUT2D eigenvalue weighted by molar-refractivity contribution is 0.284. The maximum Gasteiger partial charge on any atom is 0.0275 e. The standard InChI is InChI=1S/C8H20N2/c1-6(2)7(9)8(3,4)10-5/h6-7,10H,9H2,1-5H3. The van der Waals surface area contributed by atoms with Gasteiger partial charge in [0.2, 0.25) is 0 Å². The van der Waals surface area contributed by atoms with E-state index in [0.717, 1.165) is 0 Å². The Bertz CT molecular complexity index is 97.4. The molecule has 0 aliphatic rings. The van der Waals surface area contributed by atoms with Gasteiger partial charge in [-0.25, -0.2) is 0 Å². The smallest absolute Gasteiger partial charge is 0.0275 e. The minimum absolute atomic E-state index is 0.0498. The lowest BCUT2D eigenvalue weighted by atomic mass is 9.87. The van der Waals surface area contributed by atoms with E-state index in [1.165, 1.54) is 0 Å². The summed E-state index contributed by atoms with van der Waals surface area (Å²) in [5.74, 6) is 0.530. The van der Waals surface area contributed by atoms with Gasteiger partial charge in [-0.05, 0) is 26.8 Å². The summed E-state index contributed by atoms with van der Waals surface area (Å²) in [6.07, 6.45) is 0. The molecular weight excluding hydrogens is 124 g/mol. The highest BCUT2D eigenvalue weighted by Gasteiger charge is 2.26. The molecule has 0 aromatic carbocycles. The second kappa shape index (κ2) is 3.35. The zero-order valence-electron chi connectivity index (χ0n) is 7.73. The molecule has 10 heavy (non-hydrogen) atoms. The number of likely N-dealkylation sites (N-methyl/N-ethyl adjacent to an activating group) is 1. The molecule has 0 spiro atoms. The Hall–Kier alpha value is -0.0800. The molecule has 0 amide bonds. The molecule has 1 unspecified atom stereocenters. The van der Waals surface area contributed by atoms with Gasteiger partial charge < -0.3 is 11.1 Å². The topological polar surface area (TPSA) is 38.0 Å². The number of hydrogen-bond donors (Lipinski definition) is 2. The molecule has 0 radical (unpaired) electrons. The Kier molecular flexibility index (Phi) is 3.33. The Labute approximate surface area is 64.2 Å². The highest BCUT2D eigenvalue weighted by Crippen LogP contribution is 2.13. The van der Waals surface area contributed by atoms with Crippen LogP contribution in [0.4, 0.5) is 0 Å². The van der Waals surface area contributed by atoms with Gasteiger partial charge >= 0.3 is 0 Å². The van der Waals surface area contributed by atoms with Crippen LogP contribution in [0, 0.1) is 5.92 Å². The molecule has 0 fully saturated rings. The monoisotopic (exact) mass is 144 g/mol. The van der Waals surface area contributed by atoms with Gasteiger partial charge in [-0.15, -0.1) is 0 Å². The molecule has 0 bridgehead atoms. The van der Waals surface area contributed by atoms with E-state index in [2.05, 4.69) is 33.0 Å². The molecule has 1 atom stereocenters. The van der Waals surface area contributed by atoms with Crippen LogP contribution in [0.15, 0.2) is 0 Å². The van der Waals surface area contributed by atoms with Gasteiger partial charge in [-0.3, -0.25) is 0 Å². The van der Waals surface area contributed by atoms with Gasteiger partial charge in [0.05, 0.1) is 0 Å². The van der Waals surface area contributed by atoms with Crippen molar-refractivity contribution in [2.24, 2.45) is 11.7 Å². The van der Waals surface area contributed by atoms with Crippen molar-refractivity contribution in [1.29, 1.82) is 0 Å². The third-order valence-electron chi connectivity index (χ3n) is 2.20. The Morgan fingerprint density at radius 2 is 1.70 bits per heavy atom. The first-order valence-electron chi connectivity index (χ1n) is 3.86. The fourth-order valence-corrected chi connectivity index (χ4v) is 1.00. The molecule has 0 saturated heterocycles. The number of nitrogens with one attached hydrogen (secondary N) is 1. The molecule has 0 aliphatic heterocycles. The number of nitrogens with two attached hydrogens (primary N) is 1. The van der Waals surface area contributed by atoms with Crippen LogP contribution in [0.5, 0.6) is 0 Å². The van der Waals surface area contributed by atoms with Crippen LogP contribution >= 0.6 is 0 Å². The zero-order valence-corrected chi connectivity index (χ0v) is 7.73. The SMILES string of the molecule is CNC(C)(C)C(N)C(C)C. The van der Waals surface area contributed by atoms with Crippen LogP contribution in [0.2, 0.25) is 0 Å². The van der Waals surface area contributed by atoms with Gasteiger partial charge in [-0.2, -0.15) is 0 Å². The van der Waals surface area contributed by atoms with Crippen LogP contribution in [-0.2, 0) is 0 Å². The molecule has 0 aromatic rings. The van der Waals surface area contributed by atoms with E-state index in [-0.39, 0.29) is 11.6 Å². The summed E-state index contributed by atoms with van der Waals surface area (Å²) < 4.78 is 0.